The number of phenols is 2. The number of aromatic hydroxyl groups is 2. The minimum absolute atomic E-state index is 0.00143. The van der Waals surface area contributed by atoms with Crippen LogP contribution in [-0.4, -0.2) is 112 Å². The first-order valence-electron chi connectivity index (χ1n) is 15.0. The lowest BCUT2D eigenvalue weighted by molar-refractivity contribution is -0.217. The van der Waals surface area contributed by atoms with Crippen LogP contribution in [0.25, 0.3) is 0 Å². The first kappa shape index (κ1) is 36.0. The Morgan fingerprint density at radius 1 is 1.14 bits per heavy atom. The van der Waals surface area contributed by atoms with Gasteiger partial charge in [-0.15, -0.1) is 0 Å². The van der Waals surface area contributed by atoms with Gasteiger partial charge in [-0.1, -0.05) is 27.7 Å². The van der Waals surface area contributed by atoms with E-state index in [1.54, 1.807) is 34.6 Å². The minimum Gasteiger partial charge on any atom is -0.508 e. The van der Waals surface area contributed by atoms with Crippen molar-refractivity contribution in [2.45, 2.75) is 109 Å². The number of aliphatic hydroxyl groups is 4. The number of benzene rings is 1. The van der Waals surface area contributed by atoms with E-state index in [2.05, 4.69) is 5.32 Å². The molecule has 0 radical (unpaired) electrons. The number of fused-ring (bicyclic) bond motifs is 1. The Labute approximate surface area is 258 Å². The molecule has 1 saturated heterocycles. The van der Waals surface area contributed by atoms with Crippen molar-refractivity contribution in [1.82, 2.24) is 5.32 Å². The average molecular weight is 628 g/mol. The monoisotopic (exact) mass is 627 g/mol. The van der Waals surface area contributed by atoms with Crippen molar-refractivity contribution in [3.63, 3.8) is 0 Å². The lowest BCUT2D eigenvalue weighted by Crippen LogP contribution is -2.59. The Hall–Kier alpha value is -2.52. The van der Waals surface area contributed by atoms with Gasteiger partial charge in [-0.3, -0.25) is 4.79 Å². The number of hydrogen-bond donors (Lipinski definition) is 7. The van der Waals surface area contributed by atoms with Crippen LogP contribution in [-0.2, 0) is 30.2 Å². The van der Waals surface area contributed by atoms with E-state index in [4.69, 9.17) is 18.9 Å². The topological polar surface area (TPSA) is 204 Å². The number of carbonyl (C=O) groups is 2. The summed E-state index contributed by atoms with van der Waals surface area (Å²) in [5.41, 5.74) is 0.0830. The van der Waals surface area contributed by atoms with Gasteiger partial charge in [0, 0.05) is 57.5 Å². The highest BCUT2D eigenvalue weighted by molar-refractivity contribution is 5.96. The van der Waals surface area contributed by atoms with Crippen molar-refractivity contribution in [2.75, 3.05) is 20.8 Å². The van der Waals surface area contributed by atoms with E-state index in [-0.39, 0.29) is 55.3 Å². The summed E-state index contributed by atoms with van der Waals surface area (Å²) in [7, 11) is 2.72. The Morgan fingerprint density at radius 2 is 1.80 bits per heavy atom. The molecule has 1 aromatic carbocycles. The summed E-state index contributed by atoms with van der Waals surface area (Å²) in [5, 5.41) is 65.4. The van der Waals surface area contributed by atoms with Gasteiger partial charge in [-0.25, -0.2) is 4.79 Å². The smallest absolute Gasteiger partial charge is 0.342 e. The number of rotatable bonds is 13. The second kappa shape index (κ2) is 14.7. The molecule has 13 heteroatoms. The van der Waals surface area contributed by atoms with Crippen LogP contribution >= 0.6 is 0 Å². The van der Waals surface area contributed by atoms with E-state index in [0.29, 0.717) is 11.1 Å². The van der Waals surface area contributed by atoms with Gasteiger partial charge in [0.15, 0.2) is 12.3 Å². The number of esters is 1. The van der Waals surface area contributed by atoms with Crippen LogP contribution in [0, 0.1) is 24.2 Å². The van der Waals surface area contributed by atoms with E-state index >= 15 is 0 Å². The number of hydrogen-bond acceptors (Lipinski definition) is 12. The van der Waals surface area contributed by atoms with Gasteiger partial charge in [0.1, 0.15) is 29.3 Å². The maximum Gasteiger partial charge on any atom is 0.342 e. The second-order valence-corrected chi connectivity index (χ2v) is 12.8. The van der Waals surface area contributed by atoms with Crippen molar-refractivity contribution in [3.05, 3.63) is 22.8 Å². The third-order valence-corrected chi connectivity index (χ3v) is 9.41. The van der Waals surface area contributed by atoms with Gasteiger partial charge in [0.25, 0.3) is 5.91 Å². The number of amides is 1. The molecular weight excluding hydrogens is 578 g/mol. The fraction of sp³-hybridized carbons (Fsp3) is 0.742. The Bertz CT molecular complexity index is 1160. The third kappa shape index (κ3) is 7.64. The van der Waals surface area contributed by atoms with Gasteiger partial charge in [0.2, 0.25) is 0 Å². The summed E-state index contributed by atoms with van der Waals surface area (Å²) in [6.07, 6.45) is -7.17. The van der Waals surface area contributed by atoms with Gasteiger partial charge in [-0.05, 0) is 30.4 Å². The van der Waals surface area contributed by atoms with E-state index in [1.165, 1.54) is 14.2 Å². The molecule has 0 aromatic heterocycles. The number of cyclic esters (lactones) is 1. The third-order valence-electron chi connectivity index (χ3n) is 9.41. The molecule has 0 aliphatic carbocycles. The molecule has 1 aromatic rings. The molecule has 1 fully saturated rings. The lowest BCUT2D eigenvalue weighted by atomic mass is 9.73. The summed E-state index contributed by atoms with van der Waals surface area (Å²) in [5.74, 6) is -2.83. The molecule has 10 atom stereocenters. The van der Waals surface area contributed by atoms with Crippen LogP contribution in [0.3, 0.4) is 0 Å². The molecule has 0 bridgehead atoms. The summed E-state index contributed by atoms with van der Waals surface area (Å²) in [6, 6.07) is 1.10. The van der Waals surface area contributed by atoms with Crippen molar-refractivity contribution in [1.29, 1.82) is 0 Å². The molecule has 0 spiro atoms. The fourth-order valence-electron chi connectivity index (χ4n) is 5.96. The number of ether oxygens (including phenoxy) is 4. The molecule has 2 aliphatic rings. The van der Waals surface area contributed by atoms with E-state index < -0.39 is 72.2 Å². The molecule has 0 saturated carbocycles. The first-order valence-corrected chi connectivity index (χ1v) is 15.0. The van der Waals surface area contributed by atoms with Crippen LogP contribution in [0.5, 0.6) is 11.5 Å². The fourth-order valence-corrected chi connectivity index (χ4v) is 5.96. The maximum absolute atomic E-state index is 12.9. The van der Waals surface area contributed by atoms with Crippen molar-refractivity contribution < 1.29 is 59.2 Å². The second-order valence-electron chi connectivity index (χ2n) is 12.8. The van der Waals surface area contributed by atoms with Gasteiger partial charge in [0.05, 0.1) is 24.4 Å². The van der Waals surface area contributed by atoms with E-state index in [0.717, 1.165) is 6.07 Å². The predicted molar refractivity (Wildman–Crippen MR) is 157 cm³/mol. The normalized spacial score (nSPS) is 27.3. The molecule has 250 valence electrons. The lowest BCUT2D eigenvalue weighted by Gasteiger charge is -2.48. The van der Waals surface area contributed by atoms with E-state index in [1.807, 2.05) is 0 Å². The number of nitrogens with one attached hydrogen (secondary N) is 1. The maximum atomic E-state index is 12.9. The van der Waals surface area contributed by atoms with Gasteiger partial charge in [-0.2, -0.15) is 0 Å². The van der Waals surface area contributed by atoms with Crippen LogP contribution in [0.15, 0.2) is 6.07 Å². The molecule has 13 nitrogen and oxygen atoms in total. The summed E-state index contributed by atoms with van der Waals surface area (Å²) < 4.78 is 22.7. The molecule has 2 heterocycles. The van der Waals surface area contributed by atoms with Crippen LogP contribution in [0.2, 0.25) is 0 Å². The van der Waals surface area contributed by atoms with Gasteiger partial charge < -0.3 is 54.9 Å². The summed E-state index contributed by atoms with van der Waals surface area (Å²) >= 11 is 0. The predicted octanol–water partition coefficient (Wildman–Crippen LogP) is 0.903. The highest BCUT2D eigenvalue weighted by atomic mass is 16.6. The number of aliphatic hydroxyl groups excluding tert-OH is 4. The summed E-state index contributed by atoms with van der Waals surface area (Å²) in [4.78, 5) is 25.7. The van der Waals surface area contributed by atoms with Gasteiger partial charge >= 0.3 is 5.97 Å². The molecular formula is C31H49NO12. The quantitative estimate of drug-likeness (QED) is 0.120. The van der Waals surface area contributed by atoms with Crippen molar-refractivity contribution >= 4 is 11.9 Å². The zero-order chi connectivity index (χ0) is 33.1. The highest BCUT2D eigenvalue weighted by Gasteiger charge is 2.48. The van der Waals surface area contributed by atoms with Crippen molar-refractivity contribution in [2.24, 2.45) is 17.3 Å². The molecule has 1 unspecified atom stereocenters. The Balaban J connectivity index is 1.72. The van der Waals surface area contributed by atoms with Crippen molar-refractivity contribution in [3.8, 4) is 11.5 Å². The Kier molecular flexibility index (Phi) is 12.0. The number of methoxy groups -OCH3 is 2. The minimum atomic E-state index is -1.55. The SMILES string of the molecule is CO[C@@H](CC(C)CO)[C@H](O)C(=O)N[C@@H](OC)[C@H]1C[C@@H](O)C(C)(C)[C@@H](C[C@H](O)[C@@H](C)[C@H]2Cc3c(C)c(O)cc(O)c3C(=O)O2)O1. The zero-order valence-corrected chi connectivity index (χ0v) is 26.5. The average Bonchev–Trinajstić information content (AvgIpc) is 2.98. The van der Waals surface area contributed by atoms with Crippen LogP contribution in [0.4, 0.5) is 0 Å². The number of carbonyl (C=O) groups excluding carboxylic acids is 2. The summed E-state index contributed by atoms with van der Waals surface area (Å²) in [6.45, 7) is 8.59. The standard InChI is InChI=1S/C31H49NO12/c1-14(13-33)8-22(41-6)27(38)28(39)32-29(42-7)23-12-24(37)31(4,5)25(43-23)11-19(35)16(3)21-9-17-15(2)18(34)10-20(36)26(17)30(40)44-21/h10,14,16,19,21-25,27,29,33-38H,8-9,11-13H2,1-7H3,(H,32,39)/t14?,16-,19+,21-,22+,23-,24-,25-,27+,29+/m1/s1. The van der Waals surface area contributed by atoms with E-state index in [9.17, 15) is 40.2 Å². The molecule has 3 rings (SSSR count). The zero-order valence-electron chi connectivity index (χ0n) is 26.5. The highest BCUT2D eigenvalue weighted by Crippen LogP contribution is 2.42. The largest absolute Gasteiger partial charge is 0.508 e. The molecule has 7 N–H and O–H groups in total. The molecule has 2 aliphatic heterocycles. The first-order chi connectivity index (χ1) is 20.6. The number of phenolic OH excluding ortho intramolecular Hbond substituents is 2. The molecule has 44 heavy (non-hydrogen) atoms. The molecule has 1 amide bonds. The Morgan fingerprint density at radius 3 is 2.39 bits per heavy atom. The van der Waals surface area contributed by atoms with Crippen LogP contribution in [0.1, 0.15) is 68.4 Å². The van der Waals surface area contributed by atoms with Crippen LogP contribution < -0.4 is 5.32 Å².